The molecule has 1 spiro atoms. The fourth-order valence-electron chi connectivity index (χ4n) is 4.74. The van der Waals surface area contributed by atoms with Crippen LogP contribution < -0.4 is 0 Å². The Balaban J connectivity index is 1.47. The number of fused-ring (bicyclic) bond motifs is 2. The summed E-state index contributed by atoms with van der Waals surface area (Å²) in [5.74, 6) is 0.203. The van der Waals surface area contributed by atoms with Crippen LogP contribution in [0.5, 0.6) is 0 Å². The Morgan fingerprint density at radius 1 is 1.05 bits per heavy atom. The normalized spacial score (nSPS) is 33.5. The number of rotatable bonds is 1. The second-order valence-corrected chi connectivity index (χ2v) is 7.29. The fraction of sp³-hybridized carbons (Fsp3) is 0.938. The van der Waals surface area contributed by atoms with Crippen molar-refractivity contribution >= 4 is 5.91 Å². The molecule has 0 N–H and O–H groups in total. The number of hydrogen-bond acceptors (Lipinski definition) is 5. The molecule has 124 valence electrons. The number of carbonyl (C=O) groups is 1. The van der Waals surface area contributed by atoms with E-state index in [1.807, 2.05) is 4.90 Å². The molecule has 0 aromatic rings. The third-order valence-corrected chi connectivity index (χ3v) is 5.90. The Bertz CT molecular complexity index is 432. The molecule has 4 saturated heterocycles. The van der Waals surface area contributed by atoms with E-state index < -0.39 is 0 Å². The van der Waals surface area contributed by atoms with Gasteiger partial charge in [0, 0.05) is 58.9 Å². The zero-order valence-corrected chi connectivity index (χ0v) is 13.5. The van der Waals surface area contributed by atoms with Gasteiger partial charge in [0.2, 0.25) is 5.91 Å². The Morgan fingerprint density at radius 3 is 2.55 bits per heavy atom. The van der Waals surface area contributed by atoms with Crippen molar-refractivity contribution in [1.29, 1.82) is 0 Å². The van der Waals surface area contributed by atoms with Crippen LogP contribution in [-0.2, 0) is 14.3 Å². The molecule has 4 aliphatic heterocycles. The van der Waals surface area contributed by atoms with E-state index >= 15 is 0 Å². The van der Waals surface area contributed by atoms with Gasteiger partial charge in [-0.3, -0.25) is 14.6 Å². The lowest BCUT2D eigenvalue weighted by molar-refractivity contribution is -0.182. The Hall–Kier alpha value is -0.690. The highest BCUT2D eigenvalue weighted by Crippen LogP contribution is 2.38. The van der Waals surface area contributed by atoms with E-state index in [9.17, 15) is 4.79 Å². The maximum Gasteiger partial charge on any atom is 0.219 e. The molecule has 0 bridgehead atoms. The number of morpholine rings is 1. The van der Waals surface area contributed by atoms with E-state index in [4.69, 9.17) is 9.47 Å². The Kier molecular flexibility index (Phi) is 3.88. The molecule has 1 amide bonds. The number of piperazine rings is 1. The first-order chi connectivity index (χ1) is 10.7. The minimum absolute atomic E-state index is 0.163. The van der Waals surface area contributed by atoms with Gasteiger partial charge in [0.15, 0.2) is 0 Å². The highest BCUT2D eigenvalue weighted by Gasteiger charge is 2.55. The summed E-state index contributed by atoms with van der Waals surface area (Å²) in [4.78, 5) is 19.2. The molecule has 4 fully saturated rings. The Morgan fingerprint density at radius 2 is 1.82 bits per heavy atom. The third kappa shape index (κ3) is 2.46. The standard InChI is InChI=1S/C16H27N3O3/c1-13(20)17-8-15-9-22-7-4-19(15)16(10-17)11-18(12-16)14-2-5-21-6-3-14/h14-15H,2-12H2,1H3. The number of ether oxygens (including phenoxy) is 2. The number of likely N-dealkylation sites (tertiary alicyclic amines) is 1. The monoisotopic (exact) mass is 309 g/mol. The average Bonchev–Trinajstić information content (AvgIpc) is 2.52. The summed E-state index contributed by atoms with van der Waals surface area (Å²) in [7, 11) is 0. The molecular formula is C16H27N3O3. The summed E-state index contributed by atoms with van der Waals surface area (Å²) in [5.41, 5.74) is 0.163. The van der Waals surface area contributed by atoms with Crippen molar-refractivity contribution in [3.05, 3.63) is 0 Å². The molecule has 0 radical (unpaired) electrons. The van der Waals surface area contributed by atoms with Gasteiger partial charge in [-0.15, -0.1) is 0 Å². The van der Waals surface area contributed by atoms with Crippen LogP contribution in [0.2, 0.25) is 0 Å². The van der Waals surface area contributed by atoms with E-state index in [0.717, 1.165) is 72.0 Å². The summed E-state index contributed by atoms with van der Waals surface area (Å²) in [6.45, 7) is 10.0. The third-order valence-electron chi connectivity index (χ3n) is 5.90. The van der Waals surface area contributed by atoms with Crippen molar-refractivity contribution in [2.24, 2.45) is 0 Å². The van der Waals surface area contributed by atoms with Crippen LogP contribution in [0.4, 0.5) is 0 Å². The quantitative estimate of drug-likeness (QED) is 0.670. The van der Waals surface area contributed by atoms with Gasteiger partial charge in [-0.2, -0.15) is 0 Å². The van der Waals surface area contributed by atoms with E-state index in [0.29, 0.717) is 12.1 Å². The lowest BCUT2D eigenvalue weighted by Gasteiger charge is -2.64. The lowest BCUT2D eigenvalue weighted by Crippen LogP contribution is -2.81. The number of carbonyl (C=O) groups excluding carboxylic acids is 1. The minimum Gasteiger partial charge on any atom is -0.381 e. The zero-order chi connectivity index (χ0) is 15.2. The van der Waals surface area contributed by atoms with E-state index in [1.54, 1.807) is 6.92 Å². The van der Waals surface area contributed by atoms with Crippen LogP contribution in [0.3, 0.4) is 0 Å². The molecule has 0 aromatic heterocycles. The second-order valence-electron chi connectivity index (χ2n) is 7.29. The first-order valence-corrected chi connectivity index (χ1v) is 8.60. The van der Waals surface area contributed by atoms with E-state index in [1.165, 1.54) is 0 Å². The zero-order valence-electron chi connectivity index (χ0n) is 13.5. The van der Waals surface area contributed by atoms with Gasteiger partial charge >= 0.3 is 0 Å². The molecule has 0 saturated carbocycles. The van der Waals surface area contributed by atoms with Crippen LogP contribution in [0, 0.1) is 0 Å². The van der Waals surface area contributed by atoms with Crippen molar-refractivity contribution in [3.63, 3.8) is 0 Å². The smallest absolute Gasteiger partial charge is 0.219 e. The molecule has 4 heterocycles. The average molecular weight is 309 g/mol. The number of hydrogen-bond donors (Lipinski definition) is 0. The van der Waals surface area contributed by atoms with Gasteiger partial charge in [0.1, 0.15) is 0 Å². The first kappa shape index (κ1) is 14.9. The second kappa shape index (κ2) is 5.74. The molecular weight excluding hydrogens is 282 g/mol. The maximum absolute atomic E-state index is 11.9. The van der Waals surface area contributed by atoms with Crippen LogP contribution in [0.25, 0.3) is 0 Å². The molecule has 0 aromatic carbocycles. The van der Waals surface area contributed by atoms with Crippen molar-refractivity contribution in [3.8, 4) is 0 Å². The number of amides is 1. The predicted octanol–water partition coefficient (Wildman–Crippen LogP) is -0.217. The molecule has 6 nitrogen and oxygen atoms in total. The highest BCUT2D eigenvalue weighted by atomic mass is 16.5. The van der Waals surface area contributed by atoms with Crippen LogP contribution in [0.1, 0.15) is 19.8 Å². The van der Waals surface area contributed by atoms with Crippen LogP contribution in [0.15, 0.2) is 0 Å². The molecule has 22 heavy (non-hydrogen) atoms. The van der Waals surface area contributed by atoms with Gasteiger partial charge in [-0.05, 0) is 12.8 Å². The summed E-state index contributed by atoms with van der Waals surface area (Å²) >= 11 is 0. The summed E-state index contributed by atoms with van der Waals surface area (Å²) in [6, 6.07) is 1.05. The van der Waals surface area contributed by atoms with Gasteiger partial charge in [-0.1, -0.05) is 0 Å². The molecule has 1 unspecified atom stereocenters. The van der Waals surface area contributed by atoms with Gasteiger partial charge in [0.25, 0.3) is 0 Å². The van der Waals surface area contributed by atoms with Crippen LogP contribution in [-0.4, -0.2) is 97.4 Å². The molecule has 6 heteroatoms. The highest BCUT2D eigenvalue weighted by molar-refractivity contribution is 5.73. The van der Waals surface area contributed by atoms with Crippen molar-refractivity contribution in [2.45, 2.75) is 37.4 Å². The summed E-state index contributed by atoms with van der Waals surface area (Å²) in [5, 5.41) is 0. The molecule has 1 atom stereocenters. The minimum atomic E-state index is 0.163. The predicted molar refractivity (Wildman–Crippen MR) is 81.7 cm³/mol. The summed E-state index contributed by atoms with van der Waals surface area (Å²) in [6.07, 6.45) is 2.30. The lowest BCUT2D eigenvalue weighted by atomic mass is 9.80. The largest absolute Gasteiger partial charge is 0.381 e. The first-order valence-electron chi connectivity index (χ1n) is 8.60. The molecule has 4 aliphatic rings. The van der Waals surface area contributed by atoms with Crippen molar-refractivity contribution in [1.82, 2.24) is 14.7 Å². The Labute approximate surface area is 132 Å². The van der Waals surface area contributed by atoms with E-state index in [2.05, 4.69) is 9.80 Å². The van der Waals surface area contributed by atoms with Crippen molar-refractivity contribution < 1.29 is 14.3 Å². The molecule has 0 aliphatic carbocycles. The summed E-state index contributed by atoms with van der Waals surface area (Å²) < 4.78 is 11.1. The maximum atomic E-state index is 11.9. The fourth-order valence-corrected chi connectivity index (χ4v) is 4.74. The topological polar surface area (TPSA) is 45.2 Å². The van der Waals surface area contributed by atoms with Gasteiger partial charge in [-0.25, -0.2) is 0 Å². The van der Waals surface area contributed by atoms with Gasteiger partial charge < -0.3 is 14.4 Å². The SMILES string of the molecule is CC(=O)N1CC2COCCN2C2(C1)CN(C1CCOCC1)C2. The number of nitrogens with zero attached hydrogens (tertiary/aromatic N) is 3. The van der Waals surface area contributed by atoms with Crippen molar-refractivity contribution in [2.75, 3.05) is 59.2 Å². The van der Waals surface area contributed by atoms with Gasteiger partial charge in [0.05, 0.1) is 24.8 Å². The van der Waals surface area contributed by atoms with Crippen LogP contribution >= 0.6 is 0 Å². The molecule has 4 rings (SSSR count). The van der Waals surface area contributed by atoms with E-state index in [-0.39, 0.29) is 11.4 Å².